The van der Waals surface area contributed by atoms with E-state index in [1.807, 2.05) is 0 Å². The summed E-state index contributed by atoms with van der Waals surface area (Å²) in [4.78, 5) is 40.6. The molecule has 5 nitrogen and oxygen atoms in total. The highest BCUT2D eigenvalue weighted by molar-refractivity contribution is 6.04. The zero-order valence-corrected chi connectivity index (χ0v) is 27.4. The standard InChI is InChI=1S/C36H57NO4/c1-10-22(11-2)37-29(39)23-20-33(7)26(32(5,6)28(23)38)14-15-35(9)27(33)13-12-24-25-21-31(3,4)16-18-36(25,30(40)41)19-17-34(24,35)8/h12,22-23,25-27H,10-11,13-21H2,1-9H3,(H,37,39)(H,40,41)/t23?,25?,26?,27?,33-,34+,35+,36-/m0/s1. The number of rotatable bonds is 5. The van der Waals surface area contributed by atoms with Crippen LogP contribution < -0.4 is 5.32 Å². The van der Waals surface area contributed by atoms with E-state index in [1.54, 1.807) is 0 Å². The van der Waals surface area contributed by atoms with Crippen molar-refractivity contribution in [2.24, 2.45) is 56.2 Å². The Morgan fingerprint density at radius 3 is 2.17 bits per heavy atom. The lowest BCUT2D eigenvalue weighted by atomic mass is 9.33. The van der Waals surface area contributed by atoms with Crippen LogP contribution >= 0.6 is 0 Å². The number of hydrogen-bond donors (Lipinski definition) is 2. The lowest BCUT2D eigenvalue weighted by Gasteiger charge is -2.70. The molecule has 0 saturated heterocycles. The van der Waals surface area contributed by atoms with Gasteiger partial charge >= 0.3 is 5.97 Å². The molecule has 4 saturated carbocycles. The number of aliphatic carboxylic acids is 1. The molecule has 4 fully saturated rings. The first-order valence-corrected chi connectivity index (χ1v) is 16.7. The summed E-state index contributed by atoms with van der Waals surface area (Å²) >= 11 is 0. The molecule has 8 atom stereocenters. The fraction of sp³-hybridized carbons (Fsp3) is 0.861. The third-order valence-electron chi connectivity index (χ3n) is 14.4. The highest BCUT2D eigenvalue weighted by atomic mass is 16.4. The average Bonchev–Trinajstić information content (AvgIpc) is 2.89. The smallest absolute Gasteiger partial charge is 0.310 e. The quantitative estimate of drug-likeness (QED) is 0.261. The molecule has 0 radical (unpaired) electrons. The first-order chi connectivity index (χ1) is 18.9. The number of allylic oxidation sites excluding steroid dienone is 2. The summed E-state index contributed by atoms with van der Waals surface area (Å²) in [5.41, 5.74) is 0.178. The van der Waals surface area contributed by atoms with Crippen molar-refractivity contribution in [3.63, 3.8) is 0 Å². The van der Waals surface area contributed by atoms with E-state index in [0.29, 0.717) is 12.3 Å². The lowest BCUT2D eigenvalue weighted by Crippen LogP contribution is -2.66. The van der Waals surface area contributed by atoms with Gasteiger partial charge in [-0.3, -0.25) is 14.4 Å². The Morgan fingerprint density at radius 2 is 1.56 bits per heavy atom. The molecule has 5 aliphatic rings. The van der Waals surface area contributed by atoms with Crippen LogP contribution in [0, 0.1) is 56.2 Å². The van der Waals surface area contributed by atoms with Gasteiger partial charge in [-0.05, 0) is 110 Å². The number of carbonyl (C=O) groups is 3. The summed E-state index contributed by atoms with van der Waals surface area (Å²) in [5, 5.41) is 13.9. The molecule has 0 aromatic rings. The van der Waals surface area contributed by atoms with Crippen molar-refractivity contribution < 1.29 is 19.5 Å². The SMILES string of the molecule is CCC(CC)NC(=O)C1C[C@@]2(C)C(CC[C@]3(C)C2CC=C2C4CC(C)(C)CC[C@]4(C(=O)O)CC[C@]23C)C(C)(C)C1=O. The van der Waals surface area contributed by atoms with Crippen molar-refractivity contribution in [1.29, 1.82) is 0 Å². The first kappa shape index (κ1) is 30.8. The van der Waals surface area contributed by atoms with Gasteiger partial charge < -0.3 is 10.4 Å². The topological polar surface area (TPSA) is 83.5 Å². The first-order valence-electron chi connectivity index (χ1n) is 16.7. The number of carboxylic acid groups (broad SMARTS) is 1. The third kappa shape index (κ3) is 4.16. The number of hydrogen-bond acceptors (Lipinski definition) is 3. The van der Waals surface area contributed by atoms with Gasteiger partial charge in [-0.15, -0.1) is 0 Å². The third-order valence-corrected chi connectivity index (χ3v) is 14.4. The molecule has 0 aromatic carbocycles. The second-order valence-electron chi connectivity index (χ2n) is 17.0. The van der Waals surface area contributed by atoms with E-state index in [-0.39, 0.29) is 51.2 Å². The van der Waals surface area contributed by atoms with Crippen LogP contribution in [0.15, 0.2) is 11.6 Å². The highest BCUT2D eigenvalue weighted by Gasteiger charge is 2.70. The number of fused-ring (bicyclic) bond motifs is 7. The maximum atomic E-state index is 14.0. The Balaban J connectivity index is 1.56. The predicted octanol–water partition coefficient (Wildman–Crippen LogP) is 7.97. The summed E-state index contributed by atoms with van der Waals surface area (Å²) in [6.07, 6.45) is 12.2. The monoisotopic (exact) mass is 567 g/mol. The number of ketones is 1. The van der Waals surface area contributed by atoms with Crippen molar-refractivity contribution in [2.75, 3.05) is 0 Å². The molecule has 5 heteroatoms. The minimum Gasteiger partial charge on any atom is -0.481 e. The van der Waals surface area contributed by atoms with Crippen LogP contribution in [0.2, 0.25) is 0 Å². The van der Waals surface area contributed by atoms with E-state index < -0.39 is 22.7 Å². The Kier molecular flexibility index (Phi) is 7.27. The fourth-order valence-electron chi connectivity index (χ4n) is 11.6. The van der Waals surface area contributed by atoms with Crippen LogP contribution in [0.1, 0.15) is 133 Å². The van der Waals surface area contributed by atoms with E-state index >= 15 is 0 Å². The lowest BCUT2D eigenvalue weighted by molar-refractivity contribution is -0.195. The van der Waals surface area contributed by atoms with E-state index in [1.165, 1.54) is 5.57 Å². The number of carbonyl (C=O) groups excluding carboxylic acids is 2. The normalized spacial score (nSPS) is 44.5. The van der Waals surface area contributed by atoms with Crippen molar-refractivity contribution in [1.82, 2.24) is 5.32 Å². The second-order valence-corrected chi connectivity index (χ2v) is 17.0. The second kappa shape index (κ2) is 9.68. The number of carboxylic acids is 1. The largest absolute Gasteiger partial charge is 0.481 e. The summed E-state index contributed by atoms with van der Waals surface area (Å²) in [6.45, 7) is 20.4. The van der Waals surface area contributed by atoms with Crippen LogP contribution in [0.5, 0.6) is 0 Å². The van der Waals surface area contributed by atoms with E-state index in [0.717, 1.165) is 64.2 Å². The number of amides is 1. The van der Waals surface area contributed by atoms with Gasteiger partial charge in [-0.2, -0.15) is 0 Å². The molecule has 1 amide bonds. The zero-order chi connectivity index (χ0) is 30.4. The van der Waals surface area contributed by atoms with Crippen molar-refractivity contribution >= 4 is 17.7 Å². The van der Waals surface area contributed by atoms with Gasteiger partial charge in [0.1, 0.15) is 0 Å². The number of nitrogens with one attached hydrogen (secondary N) is 1. The molecule has 230 valence electrons. The van der Waals surface area contributed by atoms with Crippen LogP contribution in [0.4, 0.5) is 0 Å². The van der Waals surface area contributed by atoms with E-state index in [9.17, 15) is 19.5 Å². The Labute approximate surface area is 249 Å². The minimum absolute atomic E-state index is 0.00144. The summed E-state index contributed by atoms with van der Waals surface area (Å²) < 4.78 is 0. The maximum absolute atomic E-state index is 14.0. The van der Waals surface area contributed by atoms with Crippen LogP contribution in [-0.2, 0) is 14.4 Å². The molecule has 4 unspecified atom stereocenters. The van der Waals surface area contributed by atoms with Gasteiger partial charge in [-0.1, -0.05) is 74.0 Å². The van der Waals surface area contributed by atoms with Gasteiger partial charge in [0.15, 0.2) is 5.78 Å². The maximum Gasteiger partial charge on any atom is 0.310 e. The molecule has 2 N–H and O–H groups in total. The Bertz CT molecular complexity index is 1150. The fourth-order valence-corrected chi connectivity index (χ4v) is 11.6. The van der Waals surface area contributed by atoms with Gasteiger partial charge in [0, 0.05) is 11.5 Å². The molecular formula is C36H57NO4. The zero-order valence-electron chi connectivity index (χ0n) is 27.4. The molecule has 5 aliphatic carbocycles. The highest BCUT2D eigenvalue weighted by Crippen LogP contribution is 2.75. The molecule has 0 aliphatic heterocycles. The van der Waals surface area contributed by atoms with Gasteiger partial charge in [0.05, 0.1) is 11.3 Å². The van der Waals surface area contributed by atoms with Crippen molar-refractivity contribution in [3.05, 3.63) is 11.6 Å². The molecule has 0 heterocycles. The number of Topliss-reactive ketones (excluding diaryl/α,β-unsaturated/α-hetero) is 1. The van der Waals surface area contributed by atoms with Gasteiger partial charge in [-0.25, -0.2) is 0 Å². The van der Waals surface area contributed by atoms with E-state index in [4.69, 9.17) is 0 Å². The van der Waals surface area contributed by atoms with Crippen LogP contribution in [-0.4, -0.2) is 28.8 Å². The molecule has 41 heavy (non-hydrogen) atoms. The van der Waals surface area contributed by atoms with Gasteiger partial charge in [0.2, 0.25) is 5.91 Å². The predicted molar refractivity (Wildman–Crippen MR) is 163 cm³/mol. The van der Waals surface area contributed by atoms with Crippen molar-refractivity contribution in [2.45, 2.75) is 139 Å². The average molecular weight is 568 g/mol. The molecular weight excluding hydrogens is 510 g/mol. The van der Waals surface area contributed by atoms with Crippen molar-refractivity contribution in [3.8, 4) is 0 Å². The molecule has 0 bridgehead atoms. The van der Waals surface area contributed by atoms with Crippen LogP contribution in [0.3, 0.4) is 0 Å². The van der Waals surface area contributed by atoms with E-state index in [2.05, 4.69) is 73.7 Å². The Morgan fingerprint density at radius 1 is 0.927 bits per heavy atom. The molecule has 0 aromatic heterocycles. The molecule has 5 rings (SSSR count). The minimum atomic E-state index is -0.636. The summed E-state index contributed by atoms with van der Waals surface area (Å²) in [5.74, 6) is -0.457. The summed E-state index contributed by atoms with van der Waals surface area (Å²) in [6, 6.07) is 0.108. The van der Waals surface area contributed by atoms with Gasteiger partial charge in [0.25, 0.3) is 0 Å². The Hall–Kier alpha value is -1.65. The molecule has 0 spiro atoms. The summed E-state index contributed by atoms with van der Waals surface area (Å²) in [7, 11) is 0. The van der Waals surface area contributed by atoms with Crippen LogP contribution in [0.25, 0.3) is 0 Å².